The summed E-state index contributed by atoms with van der Waals surface area (Å²) in [5.41, 5.74) is 2.22. The summed E-state index contributed by atoms with van der Waals surface area (Å²) in [6.07, 6.45) is 1.54. The first kappa shape index (κ1) is 16.8. The number of hydrogen-bond acceptors (Lipinski definition) is 4. The predicted octanol–water partition coefficient (Wildman–Crippen LogP) is 3.97. The molecule has 0 saturated heterocycles. The van der Waals surface area contributed by atoms with E-state index in [9.17, 15) is 4.79 Å². The fraction of sp³-hybridized carbons (Fsp3) is 0.0909. The van der Waals surface area contributed by atoms with Gasteiger partial charge in [0, 0.05) is 6.07 Å². The average molecular weight is 358 g/mol. The van der Waals surface area contributed by atoms with Gasteiger partial charge in [0.2, 0.25) is 0 Å². The van der Waals surface area contributed by atoms with E-state index in [1.165, 1.54) is 10.9 Å². The Morgan fingerprint density at radius 1 is 0.926 bits per heavy atom. The molecule has 0 unspecified atom stereocenters. The van der Waals surface area contributed by atoms with Gasteiger partial charge in [-0.2, -0.15) is 0 Å². The highest BCUT2D eigenvalue weighted by Crippen LogP contribution is 2.31. The van der Waals surface area contributed by atoms with Crippen molar-refractivity contribution in [2.24, 2.45) is 0 Å². The molecule has 4 aromatic rings. The third-order valence-electron chi connectivity index (χ3n) is 4.31. The summed E-state index contributed by atoms with van der Waals surface area (Å²) < 4.78 is 12.9. The van der Waals surface area contributed by atoms with E-state index < -0.39 is 0 Å². The molecule has 0 aliphatic heterocycles. The van der Waals surface area contributed by atoms with Crippen LogP contribution in [0.2, 0.25) is 0 Å². The second kappa shape index (κ2) is 7.33. The van der Waals surface area contributed by atoms with Crippen molar-refractivity contribution in [2.45, 2.75) is 6.61 Å². The minimum Gasteiger partial charge on any atom is -0.493 e. The second-order valence-corrected chi connectivity index (χ2v) is 6.05. The Morgan fingerprint density at radius 2 is 1.63 bits per heavy atom. The van der Waals surface area contributed by atoms with Crippen LogP contribution in [0.3, 0.4) is 0 Å². The zero-order valence-corrected chi connectivity index (χ0v) is 14.8. The number of aromatic nitrogens is 2. The van der Waals surface area contributed by atoms with E-state index in [1.54, 1.807) is 19.2 Å². The number of rotatable bonds is 5. The van der Waals surface area contributed by atoms with Crippen molar-refractivity contribution in [2.75, 3.05) is 7.11 Å². The molecule has 0 aliphatic carbocycles. The Balaban J connectivity index is 1.74. The van der Waals surface area contributed by atoms with E-state index >= 15 is 0 Å². The van der Waals surface area contributed by atoms with E-state index in [1.807, 2.05) is 60.7 Å². The minimum atomic E-state index is -0.154. The van der Waals surface area contributed by atoms with Crippen molar-refractivity contribution in [1.82, 2.24) is 9.55 Å². The third-order valence-corrected chi connectivity index (χ3v) is 4.31. The van der Waals surface area contributed by atoms with Gasteiger partial charge in [0.05, 0.1) is 23.7 Å². The maximum atomic E-state index is 12.9. The van der Waals surface area contributed by atoms with Gasteiger partial charge in [-0.3, -0.25) is 9.36 Å². The number of benzene rings is 3. The maximum absolute atomic E-state index is 12.9. The molecule has 27 heavy (non-hydrogen) atoms. The van der Waals surface area contributed by atoms with Gasteiger partial charge in [0.15, 0.2) is 11.5 Å². The summed E-state index contributed by atoms with van der Waals surface area (Å²) in [6.45, 7) is 0.407. The Morgan fingerprint density at radius 3 is 2.33 bits per heavy atom. The van der Waals surface area contributed by atoms with Gasteiger partial charge in [-0.1, -0.05) is 48.5 Å². The van der Waals surface area contributed by atoms with E-state index in [0.717, 1.165) is 11.3 Å². The number of ether oxygens (including phenoxy) is 2. The van der Waals surface area contributed by atoms with Crippen molar-refractivity contribution >= 4 is 10.9 Å². The van der Waals surface area contributed by atoms with Crippen LogP contribution in [0, 0.1) is 0 Å². The smallest absolute Gasteiger partial charge is 0.265 e. The van der Waals surface area contributed by atoms with Gasteiger partial charge in [-0.05, 0) is 23.8 Å². The average Bonchev–Trinajstić information content (AvgIpc) is 2.73. The molecule has 0 saturated carbocycles. The maximum Gasteiger partial charge on any atom is 0.265 e. The standard InChI is InChI=1S/C22H18N2O3/c1-26-20-12-18-19(13-21(20)27-14-16-8-4-2-5-9-16)23-15-24(22(18)25)17-10-6-3-7-11-17/h2-13,15H,14H2,1H3. The SMILES string of the molecule is COc1cc2c(=O)n(-c3ccccc3)cnc2cc1OCc1ccccc1. The highest BCUT2D eigenvalue weighted by molar-refractivity contribution is 5.82. The largest absolute Gasteiger partial charge is 0.493 e. The van der Waals surface area contributed by atoms with Gasteiger partial charge < -0.3 is 9.47 Å². The van der Waals surface area contributed by atoms with Gasteiger partial charge in [0.1, 0.15) is 12.9 Å². The summed E-state index contributed by atoms with van der Waals surface area (Å²) in [6, 6.07) is 22.7. The van der Waals surface area contributed by atoms with Crippen molar-refractivity contribution in [3.63, 3.8) is 0 Å². The van der Waals surface area contributed by atoms with Crippen LogP contribution >= 0.6 is 0 Å². The molecule has 1 heterocycles. The molecule has 0 spiro atoms. The molecular weight excluding hydrogens is 340 g/mol. The van der Waals surface area contributed by atoms with Crippen LogP contribution in [0.1, 0.15) is 5.56 Å². The normalized spacial score (nSPS) is 10.7. The molecule has 5 nitrogen and oxygen atoms in total. The van der Waals surface area contributed by atoms with Crippen molar-refractivity contribution in [3.8, 4) is 17.2 Å². The summed E-state index contributed by atoms with van der Waals surface area (Å²) in [7, 11) is 1.56. The van der Waals surface area contributed by atoms with Crippen LogP contribution < -0.4 is 15.0 Å². The lowest BCUT2D eigenvalue weighted by Gasteiger charge is -2.13. The molecular formula is C22H18N2O3. The number of nitrogens with zero attached hydrogens (tertiary/aromatic N) is 2. The summed E-state index contributed by atoms with van der Waals surface area (Å²) >= 11 is 0. The number of fused-ring (bicyclic) bond motifs is 1. The quantitative estimate of drug-likeness (QED) is 0.542. The topological polar surface area (TPSA) is 53.4 Å². The van der Waals surface area contributed by atoms with Crippen LogP contribution in [0.5, 0.6) is 11.5 Å². The number of methoxy groups -OCH3 is 1. The molecule has 1 aromatic heterocycles. The summed E-state index contributed by atoms with van der Waals surface area (Å²) in [4.78, 5) is 17.4. The first-order valence-corrected chi connectivity index (χ1v) is 8.58. The molecule has 0 bridgehead atoms. The Labute approximate surface area is 156 Å². The van der Waals surface area contributed by atoms with E-state index in [4.69, 9.17) is 9.47 Å². The lowest BCUT2D eigenvalue weighted by molar-refractivity contribution is 0.285. The van der Waals surface area contributed by atoms with Crippen LogP contribution in [-0.2, 0) is 6.61 Å². The van der Waals surface area contributed by atoms with Crippen LogP contribution in [0.4, 0.5) is 0 Å². The Bertz CT molecular complexity index is 1120. The van der Waals surface area contributed by atoms with Gasteiger partial charge in [-0.25, -0.2) is 4.98 Å². The number of hydrogen-bond donors (Lipinski definition) is 0. The molecule has 0 N–H and O–H groups in total. The minimum absolute atomic E-state index is 0.154. The lowest BCUT2D eigenvalue weighted by atomic mass is 10.2. The van der Waals surface area contributed by atoms with Crippen molar-refractivity contribution in [1.29, 1.82) is 0 Å². The Kier molecular flexibility index (Phi) is 4.58. The molecule has 0 fully saturated rings. The van der Waals surface area contributed by atoms with Crippen LogP contribution in [0.15, 0.2) is 83.9 Å². The van der Waals surface area contributed by atoms with E-state index in [2.05, 4.69) is 4.98 Å². The molecule has 5 heteroatoms. The Hall–Kier alpha value is -3.60. The summed E-state index contributed by atoms with van der Waals surface area (Å²) in [5.74, 6) is 1.06. The predicted molar refractivity (Wildman–Crippen MR) is 105 cm³/mol. The molecule has 4 rings (SSSR count). The first-order chi connectivity index (χ1) is 13.3. The van der Waals surface area contributed by atoms with Gasteiger partial charge >= 0.3 is 0 Å². The fourth-order valence-electron chi connectivity index (χ4n) is 2.91. The van der Waals surface area contributed by atoms with E-state index in [-0.39, 0.29) is 5.56 Å². The third kappa shape index (κ3) is 3.40. The highest BCUT2D eigenvalue weighted by Gasteiger charge is 2.12. The molecule has 3 aromatic carbocycles. The molecule has 134 valence electrons. The second-order valence-electron chi connectivity index (χ2n) is 6.05. The van der Waals surface area contributed by atoms with Gasteiger partial charge in [-0.15, -0.1) is 0 Å². The lowest BCUT2D eigenvalue weighted by Crippen LogP contribution is -2.18. The molecule has 0 radical (unpaired) electrons. The molecule has 0 atom stereocenters. The van der Waals surface area contributed by atoms with Crippen molar-refractivity contribution < 1.29 is 9.47 Å². The summed E-state index contributed by atoms with van der Waals surface area (Å²) in [5, 5.41) is 0.477. The fourth-order valence-corrected chi connectivity index (χ4v) is 2.91. The van der Waals surface area contributed by atoms with Gasteiger partial charge in [0.25, 0.3) is 5.56 Å². The zero-order chi connectivity index (χ0) is 18.6. The monoisotopic (exact) mass is 358 g/mol. The van der Waals surface area contributed by atoms with Crippen LogP contribution in [-0.4, -0.2) is 16.7 Å². The van der Waals surface area contributed by atoms with Crippen molar-refractivity contribution in [3.05, 3.63) is 95.0 Å². The van der Waals surface area contributed by atoms with E-state index in [0.29, 0.717) is 29.0 Å². The highest BCUT2D eigenvalue weighted by atomic mass is 16.5. The zero-order valence-electron chi connectivity index (χ0n) is 14.8. The first-order valence-electron chi connectivity index (χ1n) is 8.58. The van der Waals surface area contributed by atoms with Crippen LogP contribution in [0.25, 0.3) is 16.6 Å². The molecule has 0 aliphatic rings. The molecule has 0 amide bonds. The number of para-hydroxylation sites is 1.